The first-order chi connectivity index (χ1) is 30.7. The van der Waals surface area contributed by atoms with E-state index in [0.717, 1.165) is 139 Å². The van der Waals surface area contributed by atoms with Crippen molar-refractivity contribution < 1.29 is 19.7 Å². The van der Waals surface area contributed by atoms with Gasteiger partial charge in [0.15, 0.2) is 0 Å². The number of hydrogen-bond acceptors (Lipinski definition) is 6. The monoisotopic (exact) mass is 818 g/mol. The normalized spacial score (nSPS) is 11.9. The summed E-state index contributed by atoms with van der Waals surface area (Å²) in [4.78, 5) is 18.5. The molecule has 0 spiro atoms. The second-order valence-electron chi connectivity index (χ2n) is 15.5. The van der Waals surface area contributed by atoms with Crippen LogP contribution in [0.15, 0.2) is 133 Å². The van der Waals surface area contributed by atoms with E-state index < -0.39 is 0 Å². The van der Waals surface area contributed by atoms with Gasteiger partial charge in [-0.05, 0) is 134 Å². The molecule has 9 rings (SSSR count). The van der Waals surface area contributed by atoms with Crippen molar-refractivity contribution in [3.63, 3.8) is 0 Å². The molecule has 0 radical (unpaired) electrons. The number of rotatable bonds is 16. The zero-order valence-electron chi connectivity index (χ0n) is 34.7. The number of benzene rings is 4. The van der Waals surface area contributed by atoms with Crippen LogP contribution in [0.5, 0.6) is 11.5 Å². The van der Waals surface area contributed by atoms with Crippen LogP contribution in [-0.4, -0.2) is 56.6 Å². The average Bonchev–Trinajstić information content (AvgIpc) is 4.16. The molecular formula is C54H50N4O4. The Bertz CT molecular complexity index is 2660. The number of aromatic amines is 2. The van der Waals surface area contributed by atoms with E-state index in [1.165, 1.54) is 0 Å². The fraction of sp³-hybridized carbons (Fsp3) is 0.185. The minimum Gasteiger partial charge on any atom is -0.494 e. The van der Waals surface area contributed by atoms with Crippen LogP contribution in [0, 0.1) is 0 Å². The highest BCUT2D eigenvalue weighted by atomic mass is 16.5. The summed E-state index contributed by atoms with van der Waals surface area (Å²) in [7, 11) is 0. The maximum absolute atomic E-state index is 9.17. The van der Waals surface area contributed by atoms with Gasteiger partial charge in [-0.25, -0.2) is 9.97 Å². The number of nitrogens with zero attached hydrogens (tertiary/aromatic N) is 2. The molecule has 0 fully saturated rings. The number of nitrogens with one attached hydrogen (secondary N) is 2. The summed E-state index contributed by atoms with van der Waals surface area (Å²) in [6.07, 6.45) is 13.7. The Kier molecular flexibility index (Phi) is 12.5. The third kappa shape index (κ3) is 8.89. The van der Waals surface area contributed by atoms with Gasteiger partial charge in [0, 0.05) is 57.5 Å². The second kappa shape index (κ2) is 19.1. The topological polar surface area (TPSA) is 116 Å². The zero-order valence-corrected chi connectivity index (χ0v) is 34.7. The molecule has 310 valence electrons. The summed E-state index contributed by atoms with van der Waals surface area (Å²) in [5, 5.41) is 18.3. The van der Waals surface area contributed by atoms with Gasteiger partial charge in [0.2, 0.25) is 0 Å². The van der Waals surface area contributed by atoms with Crippen molar-refractivity contribution in [2.45, 2.75) is 38.5 Å². The van der Waals surface area contributed by atoms with E-state index in [1.54, 1.807) is 0 Å². The molecule has 5 heterocycles. The first kappa shape index (κ1) is 40.4. The Morgan fingerprint density at radius 1 is 0.355 bits per heavy atom. The number of unbranched alkanes of at least 4 members (excludes halogenated alkanes) is 4. The fourth-order valence-electron chi connectivity index (χ4n) is 8.23. The standard InChI is InChI=1S/C54H50N4O4/c59-33-9-3-11-35-61-41-21-17-39(18-22-41)53-47-29-25-43(55-47)51(37-13-5-1-6-14-37)44-26-30-48(56-44)54(40-19-23-42(24-20-40)62-36-12-4-10-34-60)50-32-28-46(58-50)52(38-15-7-2-8-16-38)45-27-31-49(53)57-45/h1-2,5-8,13-32,55,58-60H,3-4,9-12,33-36H2. The van der Waals surface area contributed by atoms with Crippen LogP contribution in [0.4, 0.5) is 0 Å². The highest BCUT2D eigenvalue weighted by molar-refractivity contribution is 5.99. The first-order valence-corrected chi connectivity index (χ1v) is 21.6. The van der Waals surface area contributed by atoms with Crippen LogP contribution < -0.4 is 9.47 Å². The van der Waals surface area contributed by atoms with E-state index in [4.69, 9.17) is 29.7 Å². The van der Waals surface area contributed by atoms with Gasteiger partial charge in [0.05, 0.1) is 36.0 Å². The average molecular weight is 819 g/mol. The van der Waals surface area contributed by atoms with Gasteiger partial charge in [-0.1, -0.05) is 84.9 Å². The van der Waals surface area contributed by atoms with E-state index in [9.17, 15) is 0 Å². The predicted octanol–water partition coefficient (Wildman–Crippen LogP) is 12.4. The van der Waals surface area contributed by atoms with Crippen molar-refractivity contribution in [1.82, 2.24) is 19.9 Å². The summed E-state index contributed by atoms with van der Waals surface area (Å²) in [5.41, 5.74) is 15.2. The lowest BCUT2D eigenvalue weighted by Crippen LogP contribution is -1.98. The SMILES string of the molecule is OCCCCCOc1ccc(-c2c3nc(c(-c4ccccc4)c4ccc([nH]4)c(-c4ccc(OCCCCCO)cc4)c4nc(c(-c5ccccc5)c5ccc2[nH]5)C=C4)C=C3)cc1. The summed E-state index contributed by atoms with van der Waals surface area (Å²) < 4.78 is 12.2. The molecule has 0 unspecified atom stereocenters. The van der Waals surface area contributed by atoms with Crippen LogP contribution in [0.25, 0.3) is 90.9 Å². The molecular weight excluding hydrogens is 769 g/mol. The number of aliphatic hydroxyl groups excluding tert-OH is 2. The highest BCUT2D eigenvalue weighted by Crippen LogP contribution is 2.39. The first-order valence-electron chi connectivity index (χ1n) is 21.6. The lowest BCUT2D eigenvalue weighted by Gasteiger charge is -2.09. The maximum atomic E-state index is 9.17. The Labute approximate surface area is 361 Å². The van der Waals surface area contributed by atoms with Gasteiger partial charge in [0.1, 0.15) is 11.5 Å². The van der Waals surface area contributed by atoms with Gasteiger partial charge in [0.25, 0.3) is 0 Å². The van der Waals surface area contributed by atoms with Crippen LogP contribution in [0.3, 0.4) is 0 Å². The minimum absolute atomic E-state index is 0.205. The van der Waals surface area contributed by atoms with Gasteiger partial charge in [-0.3, -0.25) is 0 Å². The molecule has 0 saturated heterocycles. The van der Waals surface area contributed by atoms with E-state index in [2.05, 4.69) is 131 Å². The smallest absolute Gasteiger partial charge is 0.119 e. The molecule has 4 aromatic carbocycles. The van der Waals surface area contributed by atoms with Gasteiger partial charge >= 0.3 is 0 Å². The Morgan fingerprint density at radius 3 is 1.00 bits per heavy atom. The van der Waals surface area contributed by atoms with Crippen LogP contribution in [-0.2, 0) is 0 Å². The largest absolute Gasteiger partial charge is 0.494 e. The third-order valence-electron chi connectivity index (χ3n) is 11.3. The molecule has 0 saturated carbocycles. The highest BCUT2D eigenvalue weighted by Gasteiger charge is 2.19. The number of H-pyrrole nitrogens is 2. The molecule has 2 aliphatic heterocycles. The predicted molar refractivity (Wildman–Crippen MR) is 253 cm³/mol. The fourth-order valence-corrected chi connectivity index (χ4v) is 8.23. The molecule has 2 aliphatic rings. The number of hydrogen-bond donors (Lipinski definition) is 4. The van der Waals surface area contributed by atoms with E-state index in [0.29, 0.717) is 13.2 Å². The molecule has 4 N–H and O–H groups in total. The maximum Gasteiger partial charge on any atom is 0.119 e. The van der Waals surface area contributed by atoms with E-state index in [-0.39, 0.29) is 13.2 Å². The van der Waals surface area contributed by atoms with Crippen molar-refractivity contribution in [1.29, 1.82) is 0 Å². The zero-order chi connectivity index (χ0) is 42.1. The third-order valence-corrected chi connectivity index (χ3v) is 11.3. The molecule has 7 aromatic rings. The summed E-state index contributed by atoms with van der Waals surface area (Å²) in [6, 6.07) is 45.9. The minimum atomic E-state index is 0.205. The molecule has 3 aromatic heterocycles. The molecule has 0 amide bonds. The second-order valence-corrected chi connectivity index (χ2v) is 15.5. The van der Waals surface area contributed by atoms with Gasteiger partial charge < -0.3 is 29.7 Å². The number of ether oxygens (including phenoxy) is 2. The molecule has 8 heteroatoms. The summed E-state index contributed by atoms with van der Waals surface area (Å²) in [6.45, 7) is 1.62. The Morgan fingerprint density at radius 2 is 0.677 bits per heavy atom. The molecule has 0 aliphatic carbocycles. The lowest BCUT2D eigenvalue weighted by atomic mass is 10.0. The van der Waals surface area contributed by atoms with Crippen molar-refractivity contribution in [3.8, 4) is 56.0 Å². The van der Waals surface area contributed by atoms with Gasteiger partial charge in [-0.2, -0.15) is 0 Å². The number of fused-ring (bicyclic) bond motifs is 8. The Balaban J connectivity index is 1.27. The van der Waals surface area contributed by atoms with E-state index >= 15 is 0 Å². The van der Waals surface area contributed by atoms with Crippen LogP contribution in [0.2, 0.25) is 0 Å². The Hall–Kier alpha value is -7.00. The molecule has 0 atom stereocenters. The quantitative estimate of drug-likeness (QED) is 0.0722. The molecule has 8 bridgehead atoms. The van der Waals surface area contributed by atoms with Crippen LogP contribution >= 0.6 is 0 Å². The van der Waals surface area contributed by atoms with Crippen molar-refractivity contribution in [3.05, 3.63) is 156 Å². The number of aliphatic hydroxyl groups is 2. The van der Waals surface area contributed by atoms with Crippen molar-refractivity contribution >= 4 is 46.4 Å². The van der Waals surface area contributed by atoms with Crippen molar-refractivity contribution in [2.24, 2.45) is 0 Å². The van der Waals surface area contributed by atoms with Crippen LogP contribution in [0.1, 0.15) is 61.3 Å². The van der Waals surface area contributed by atoms with E-state index in [1.807, 2.05) is 36.4 Å². The lowest BCUT2D eigenvalue weighted by molar-refractivity contribution is 0.265. The summed E-state index contributed by atoms with van der Waals surface area (Å²) in [5.74, 6) is 1.61. The molecule has 8 nitrogen and oxygen atoms in total. The van der Waals surface area contributed by atoms with Gasteiger partial charge in [-0.15, -0.1) is 0 Å². The molecule has 62 heavy (non-hydrogen) atoms. The summed E-state index contributed by atoms with van der Waals surface area (Å²) >= 11 is 0. The number of aromatic nitrogens is 4. The van der Waals surface area contributed by atoms with Crippen molar-refractivity contribution in [2.75, 3.05) is 26.4 Å².